The van der Waals surface area contributed by atoms with E-state index in [0.29, 0.717) is 0 Å². The average molecular weight is 126 g/mol. The molecule has 1 atom stereocenters. The van der Waals surface area contributed by atoms with E-state index in [9.17, 15) is 0 Å². The second-order valence-electron chi connectivity index (χ2n) is 2.94. The van der Waals surface area contributed by atoms with Crippen molar-refractivity contribution in [1.82, 2.24) is 0 Å². The highest BCUT2D eigenvalue weighted by Crippen LogP contribution is 2.18. The molecule has 0 unspecified atom stereocenters. The van der Waals surface area contributed by atoms with Gasteiger partial charge in [0, 0.05) is 0 Å². The molecule has 0 N–H and O–H groups in total. The van der Waals surface area contributed by atoms with Gasteiger partial charge in [-0.1, -0.05) is 33.3 Å². The van der Waals surface area contributed by atoms with Crippen LogP contribution < -0.4 is 0 Å². The molecule has 9 heavy (non-hydrogen) atoms. The smallest absolute Gasteiger partial charge is 0.0323 e. The van der Waals surface area contributed by atoms with E-state index >= 15 is 0 Å². The van der Waals surface area contributed by atoms with Crippen molar-refractivity contribution >= 4 is 0 Å². The first-order chi connectivity index (χ1) is 4.22. The fraction of sp³-hybridized carbons (Fsp3) is 0.778. The molecule has 0 amide bonds. The summed E-state index contributed by atoms with van der Waals surface area (Å²) in [5, 5.41) is 0. The predicted molar refractivity (Wildman–Crippen MR) is 43.4 cm³/mol. The van der Waals surface area contributed by atoms with Crippen molar-refractivity contribution in [3.63, 3.8) is 0 Å². The van der Waals surface area contributed by atoms with Crippen molar-refractivity contribution in [1.29, 1.82) is 0 Å². The van der Waals surface area contributed by atoms with Gasteiger partial charge in [0.05, 0.1) is 0 Å². The molecule has 0 aliphatic rings. The van der Waals surface area contributed by atoms with Crippen LogP contribution in [0.15, 0.2) is 12.7 Å². The Labute approximate surface area is 59.0 Å². The number of allylic oxidation sites excluding steroid dienone is 1. The number of hydrogen-bond donors (Lipinski definition) is 0. The van der Waals surface area contributed by atoms with Crippen molar-refractivity contribution in [3.05, 3.63) is 12.7 Å². The molecule has 54 valence electrons. The van der Waals surface area contributed by atoms with E-state index in [-0.39, 0.29) is 0 Å². The van der Waals surface area contributed by atoms with Crippen LogP contribution >= 0.6 is 0 Å². The van der Waals surface area contributed by atoms with Crippen LogP contribution in [0.2, 0.25) is 0 Å². The Kier molecular flexibility index (Phi) is 4.47. The van der Waals surface area contributed by atoms with E-state index in [4.69, 9.17) is 0 Å². The normalized spacial score (nSPS) is 13.8. The topological polar surface area (TPSA) is 0 Å². The molecule has 0 rings (SSSR count). The molecule has 0 radical (unpaired) electrons. The molecule has 0 fully saturated rings. The van der Waals surface area contributed by atoms with E-state index in [1.165, 1.54) is 12.8 Å². The number of hydrogen-bond acceptors (Lipinski definition) is 0. The Hall–Kier alpha value is -0.260. The summed E-state index contributed by atoms with van der Waals surface area (Å²) in [6.45, 7) is 10.5. The molecule has 0 aromatic rings. The molecular weight excluding hydrogens is 108 g/mol. The van der Waals surface area contributed by atoms with Crippen LogP contribution in [0.4, 0.5) is 0 Å². The highest BCUT2D eigenvalue weighted by atomic mass is 14.1. The first-order valence-electron chi connectivity index (χ1n) is 3.83. The highest BCUT2D eigenvalue weighted by molar-refractivity contribution is 4.73. The van der Waals surface area contributed by atoms with E-state index in [1.807, 2.05) is 6.08 Å². The summed E-state index contributed by atoms with van der Waals surface area (Å²) in [7, 11) is 0. The largest absolute Gasteiger partial charge is 0.103 e. The maximum atomic E-state index is 3.73. The third kappa shape index (κ3) is 3.34. The van der Waals surface area contributed by atoms with Crippen molar-refractivity contribution in [2.75, 3.05) is 0 Å². The molecule has 0 bridgehead atoms. The van der Waals surface area contributed by atoms with Gasteiger partial charge in [-0.2, -0.15) is 0 Å². The Morgan fingerprint density at radius 1 is 1.44 bits per heavy atom. The lowest BCUT2D eigenvalue weighted by molar-refractivity contribution is 0.377. The van der Waals surface area contributed by atoms with Crippen LogP contribution in [0.25, 0.3) is 0 Å². The molecule has 0 heteroatoms. The summed E-state index contributed by atoms with van der Waals surface area (Å²) in [5.41, 5.74) is 0. The summed E-state index contributed by atoms with van der Waals surface area (Å²) in [6.07, 6.45) is 4.48. The zero-order chi connectivity index (χ0) is 7.28. The molecule has 0 nitrogen and oxygen atoms in total. The molecular formula is C9H18. The second-order valence-corrected chi connectivity index (χ2v) is 2.94. The average Bonchev–Trinajstić information content (AvgIpc) is 1.82. The first-order valence-corrected chi connectivity index (χ1v) is 3.83. The first kappa shape index (κ1) is 8.74. The molecule has 0 aliphatic heterocycles. The van der Waals surface area contributed by atoms with Gasteiger partial charge in [0.25, 0.3) is 0 Å². The maximum absolute atomic E-state index is 3.73. The van der Waals surface area contributed by atoms with Gasteiger partial charge in [0.1, 0.15) is 0 Å². The van der Waals surface area contributed by atoms with Gasteiger partial charge >= 0.3 is 0 Å². The monoisotopic (exact) mass is 126 g/mol. The quantitative estimate of drug-likeness (QED) is 0.507. The minimum absolute atomic E-state index is 0.813. The lowest BCUT2D eigenvalue weighted by atomic mass is 9.90. The van der Waals surface area contributed by atoms with E-state index < -0.39 is 0 Å². The Morgan fingerprint density at radius 2 is 2.00 bits per heavy atom. The van der Waals surface area contributed by atoms with Crippen molar-refractivity contribution < 1.29 is 0 Å². The van der Waals surface area contributed by atoms with Crippen molar-refractivity contribution in [3.8, 4) is 0 Å². The lowest BCUT2D eigenvalue weighted by Gasteiger charge is -2.15. The van der Waals surface area contributed by atoms with Gasteiger partial charge in [-0.15, -0.1) is 6.58 Å². The Balaban J connectivity index is 3.53. The molecule has 0 heterocycles. The van der Waals surface area contributed by atoms with Crippen molar-refractivity contribution in [2.24, 2.45) is 11.8 Å². The van der Waals surface area contributed by atoms with Crippen LogP contribution in [0.1, 0.15) is 33.6 Å². The summed E-state index contributed by atoms with van der Waals surface area (Å²) < 4.78 is 0. The molecule has 0 aromatic heterocycles. The Bertz CT molecular complexity index is 72.1. The van der Waals surface area contributed by atoms with E-state index in [2.05, 4.69) is 27.4 Å². The van der Waals surface area contributed by atoms with Gasteiger partial charge in [0.15, 0.2) is 0 Å². The molecule has 0 aliphatic carbocycles. The van der Waals surface area contributed by atoms with Crippen LogP contribution in [-0.4, -0.2) is 0 Å². The van der Waals surface area contributed by atoms with Gasteiger partial charge in [-0.3, -0.25) is 0 Å². The molecule has 0 aromatic carbocycles. The fourth-order valence-corrected chi connectivity index (χ4v) is 1.12. The van der Waals surface area contributed by atoms with Gasteiger partial charge < -0.3 is 0 Å². The summed E-state index contributed by atoms with van der Waals surface area (Å²) in [6, 6.07) is 0. The third-order valence-electron chi connectivity index (χ3n) is 1.94. The van der Waals surface area contributed by atoms with Crippen molar-refractivity contribution in [2.45, 2.75) is 33.6 Å². The number of rotatable bonds is 4. The standard InChI is InChI=1S/C9H18/c1-5-7-9(6-2)8(3)4/h5,8-9H,1,6-7H2,2-4H3/t9-/m0/s1. The summed E-state index contributed by atoms with van der Waals surface area (Å²) in [4.78, 5) is 0. The van der Waals surface area contributed by atoms with E-state index in [0.717, 1.165) is 11.8 Å². The second kappa shape index (κ2) is 4.60. The SMILES string of the molecule is C=CC[C@H](CC)C(C)C. The minimum atomic E-state index is 0.813. The van der Waals surface area contributed by atoms with Gasteiger partial charge in [-0.05, 0) is 18.3 Å². The van der Waals surface area contributed by atoms with Crippen LogP contribution in [0.5, 0.6) is 0 Å². The van der Waals surface area contributed by atoms with E-state index in [1.54, 1.807) is 0 Å². The zero-order valence-corrected chi connectivity index (χ0v) is 6.85. The van der Waals surface area contributed by atoms with Crippen LogP contribution in [0.3, 0.4) is 0 Å². The zero-order valence-electron chi connectivity index (χ0n) is 6.85. The Morgan fingerprint density at radius 3 is 2.11 bits per heavy atom. The molecule has 0 spiro atoms. The van der Waals surface area contributed by atoms with Crippen LogP contribution in [-0.2, 0) is 0 Å². The minimum Gasteiger partial charge on any atom is -0.103 e. The van der Waals surface area contributed by atoms with Gasteiger partial charge in [0.2, 0.25) is 0 Å². The maximum Gasteiger partial charge on any atom is -0.0323 e. The third-order valence-corrected chi connectivity index (χ3v) is 1.94. The molecule has 0 saturated carbocycles. The summed E-state index contributed by atoms with van der Waals surface area (Å²) >= 11 is 0. The highest BCUT2D eigenvalue weighted by Gasteiger charge is 2.07. The summed E-state index contributed by atoms with van der Waals surface area (Å²) in [5.74, 6) is 1.66. The fourth-order valence-electron chi connectivity index (χ4n) is 1.12. The van der Waals surface area contributed by atoms with Crippen LogP contribution in [0, 0.1) is 11.8 Å². The lowest BCUT2D eigenvalue weighted by Crippen LogP contribution is -2.05. The predicted octanol–water partition coefficient (Wildman–Crippen LogP) is 3.24. The molecule has 0 saturated heterocycles. The van der Waals surface area contributed by atoms with Gasteiger partial charge in [-0.25, -0.2) is 0 Å².